The van der Waals surface area contributed by atoms with Crippen molar-refractivity contribution in [3.8, 4) is 0 Å². The van der Waals surface area contributed by atoms with Crippen molar-refractivity contribution in [2.75, 3.05) is 12.3 Å². The number of ether oxygens (including phenoxy) is 1. The zero-order valence-electron chi connectivity index (χ0n) is 16.4. The molecule has 1 fully saturated rings. The zero-order valence-corrected chi connectivity index (χ0v) is 16.4. The lowest BCUT2D eigenvalue weighted by Gasteiger charge is -2.16. The molecule has 0 radical (unpaired) electrons. The molecule has 0 atom stereocenters. The molecular formula is C21H25N3O5. The lowest BCUT2D eigenvalue weighted by Crippen LogP contribution is -2.44. The lowest BCUT2D eigenvalue weighted by molar-refractivity contribution is -0.147. The number of anilines is 1. The van der Waals surface area contributed by atoms with E-state index in [1.807, 2.05) is 30.3 Å². The van der Waals surface area contributed by atoms with Crippen LogP contribution in [0.2, 0.25) is 0 Å². The second-order valence-electron chi connectivity index (χ2n) is 7.18. The summed E-state index contributed by atoms with van der Waals surface area (Å²) in [6.07, 6.45) is 3.43. The predicted octanol–water partition coefficient (Wildman–Crippen LogP) is 1.58. The average molecular weight is 399 g/mol. The van der Waals surface area contributed by atoms with Crippen molar-refractivity contribution in [3.05, 3.63) is 62.3 Å². The highest BCUT2D eigenvalue weighted by atomic mass is 16.5. The van der Waals surface area contributed by atoms with Crippen LogP contribution in [0.1, 0.15) is 48.5 Å². The van der Waals surface area contributed by atoms with Gasteiger partial charge in [0.1, 0.15) is 11.4 Å². The number of nitrogen functional groups attached to an aromatic ring is 1. The molecule has 8 heteroatoms. The fourth-order valence-corrected chi connectivity index (χ4v) is 3.66. The number of Topliss-reactive ketones (excluding diaryl/α,β-unsaturated/α-hetero) is 1. The lowest BCUT2D eigenvalue weighted by atomic mass is 10.1. The molecule has 1 aliphatic carbocycles. The maximum atomic E-state index is 12.7. The Balaban J connectivity index is 1.91. The van der Waals surface area contributed by atoms with Crippen LogP contribution in [0.4, 0.5) is 5.82 Å². The van der Waals surface area contributed by atoms with Gasteiger partial charge in [-0.2, -0.15) is 0 Å². The highest BCUT2D eigenvalue weighted by Gasteiger charge is 2.27. The van der Waals surface area contributed by atoms with Gasteiger partial charge in [-0.05, 0) is 25.3 Å². The molecule has 0 unspecified atom stereocenters. The first-order valence-electron chi connectivity index (χ1n) is 9.80. The molecule has 0 amide bonds. The fraction of sp³-hybridized carbons (Fsp3) is 0.429. The first-order chi connectivity index (χ1) is 13.9. The van der Waals surface area contributed by atoms with E-state index in [4.69, 9.17) is 10.5 Å². The van der Waals surface area contributed by atoms with Crippen LogP contribution in [0, 0.1) is 5.92 Å². The summed E-state index contributed by atoms with van der Waals surface area (Å²) >= 11 is 0. The number of hydrogen-bond acceptors (Lipinski definition) is 6. The maximum absolute atomic E-state index is 12.7. The van der Waals surface area contributed by atoms with E-state index in [-0.39, 0.29) is 30.4 Å². The van der Waals surface area contributed by atoms with Crippen molar-refractivity contribution in [1.29, 1.82) is 0 Å². The van der Waals surface area contributed by atoms with Gasteiger partial charge >= 0.3 is 11.7 Å². The summed E-state index contributed by atoms with van der Waals surface area (Å²) in [5.41, 5.74) is 5.21. The van der Waals surface area contributed by atoms with Crippen LogP contribution in [-0.4, -0.2) is 27.5 Å². The van der Waals surface area contributed by atoms with E-state index in [1.54, 1.807) is 6.92 Å². The van der Waals surface area contributed by atoms with E-state index >= 15 is 0 Å². The molecule has 1 aliphatic rings. The van der Waals surface area contributed by atoms with Crippen molar-refractivity contribution in [2.24, 2.45) is 5.92 Å². The van der Waals surface area contributed by atoms with Crippen molar-refractivity contribution in [2.45, 2.75) is 45.7 Å². The van der Waals surface area contributed by atoms with Gasteiger partial charge in [0.05, 0.1) is 12.5 Å². The minimum atomic E-state index is -0.763. The zero-order chi connectivity index (χ0) is 21.0. The minimum absolute atomic E-state index is 0.0921. The third kappa shape index (κ3) is 4.31. The summed E-state index contributed by atoms with van der Waals surface area (Å²) in [6.45, 7) is 1.28. The van der Waals surface area contributed by atoms with Gasteiger partial charge in [0, 0.05) is 6.54 Å². The number of carbonyl (C=O) groups excluding carboxylic acids is 2. The Labute approximate surface area is 167 Å². The number of ketones is 1. The first-order valence-corrected chi connectivity index (χ1v) is 9.80. The SMILES string of the molecule is CCn1c(=O)c(C(=O)COC(=O)C2CCCC2)c(N)n(Cc2ccccc2)c1=O. The summed E-state index contributed by atoms with van der Waals surface area (Å²) < 4.78 is 7.30. The van der Waals surface area contributed by atoms with Crippen molar-refractivity contribution < 1.29 is 14.3 Å². The monoisotopic (exact) mass is 399 g/mol. The van der Waals surface area contributed by atoms with Crippen LogP contribution in [0.5, 0.6) is 0 Å². The average Bonchev–Trinajstić information content (AvgIpc) is 3.25. The molecule has 1 heterocycles. The number of hydrogen-bond donors (Lipinski definition) is 1. The van der Waals surface area contributed by atoms with Crippen molar-refractivity contribution >= 4 is 17.6 Å². The molecule has 154 valence electrons. The summed E-state index contributed by atoms with van der Waals surface area (Å²) in [4.78, 5) is 50.2. The molecule has 0 bridgehead atoms. The van der Waals surface area contributed by atoms with Gasteiger partial charge in [-0.25, -0.2) is 4.79 Å². The number of benzene rings is 1. The van der Waals surface area contributed by atoms with Gasteiger partial charge in [0.2, 0.25) is 5.78 Å². The Hall–Kier alpha value is -3.16. The second-order valence-corrected chi connectivity index (χ2v) is 7.18. The standard InChI is InChI=1S/C21H25N3O5/c1-2-23-19(26)17(16(25)13-29-20(27)15-10-6-7-11-15)18(22)24(21(23)28)12-14-8-4-3-5-9-14/h3-5,8-9,15H,2,6-7,10-13,22H2,1H3. The van der Waals surface area contributed by atoms with Gasteiger partial charge in [0.25, 0.3) is 5.56 Å². The molecule has 29 heavy (non-hydrogen) atoms. The van der Waals surface area contributed by atoms with Gasteiger partial charge in [0.15, 0.2) is 6.61 Å². The van der Waals surface area contributed by atoms with Crippen molar-refractivity contribution in [1.82, 2.24) is 9.13 Å². The van der Waals surface area contributed by atoms with Crippen LogP contribution in [0.15, 0.2) is 39.9 Å². The predicted molar refractivity (Wildman–Crippen MR) is 108 cm³/mol. The second kappa shape index (κ2) is 8.89. The van der Waals surface area contributed by atoms with E-state index < -0.39 is 29.6 Å². The van der Waals surface area contributed by atoms with E-state index in [0.717, 1.165) is 35.8 Å². The molecule has 0 spiro atoms. The number of carbonyl (C=O) groups is 2. The van der Waals surface area contributed by atoms with E-state index in [0.29, 0.717) is 0 Å². The van der Waals surface area contributed by atoms with Crippen LogP contribution < -0.4 is 17.0 Å². The Morgan fingerprint density at radius 1 is 1.10 bits per heavy atom. The molecule has 0 aliphatic heterocycles. The van der Waals surface area contributed by atoms with Gasteiger partial charge in [-0.3, -0.25) is 23.5 Å². The summed E-state index contributed by atoms with van der Waals surface area (Å²) in [6, 6.07) is 9.12. The number of aromatic nitrogens is 2. The van der Waals surface area contributed by atoms with Crippen molar-refractivity contribution in [3.63, 3.8) is 0 Å². The molecule has 1 saturated carbocycles. The highest BCUT2D eigenvalue weighted by molar-refractivity contribution is 6.01. The maximum Gasteiger partial charge on any atom is 0.332 e. The molecule has 1 aromatic heterocycles. The number of rotatable bonds is 7. The van der Waals surface area contributed by atoms with Crippen LogP contribution in [-0.2, 0) is 22.6 Å². The minimum Gasteiger partial charge on any atom is -0.457 e. The Morgan fingerprint density at radius 2 is 1.76 bits per heavy atom. The number of esters is 1. The summed E-state index contributed by atoms with van der Waals surface area (Å²) in [7, 11) is 0. The van der Waals surface area contributed by atoms with Gasteiger partial charge in [-0.15, -0.1) is 0 Å². The normalized spacial score (nSPS) is 14.1. The van der Waals surface area contributed by atoms with E-state index in [1.165, 1.54) is 4.57 Å². The Morgan fingerprint density at radius 3 is 2.38 bits per heavy atom. The molecule has 8 nitrogen and oxygen atoms in total. The fourth-order valence-electron chi connectivity index (χ4n) is 3.66. The molecule has 2 aromatic rings. The third-order valence-corrected chi connectivity index (χ3v) is 5.28. The molecule has 0 saturated heterocycles. The highest BCUT2D eigenvalue weighted by Crippen LogP contribution is 2.25. The number of nitrogens with zero attached hydrogens (tertiary/aromatic N) is 2. The van der Waals surface area contributed by atoms with Crippen LogP contribution in [0.3, 0.4) is 0 Å². The van der Waals surface area contributed by atoms with Crippen LogP contribution >= 0.6 is 0 Å². The number of nitrogens with two attached hydrogens (primary N) is 1. The molecule has 2 N–H and O–H groups in total. The van der Waals surface area contributed by atoms with E-state index in [9.17, 15) is 19.2 Å². The Kier molecular flexibility index (Phi) is 6.31. The van der Waals surface area contributed by atoms with E-state index in [2.05, 4.69) is 0 Å². The largest absolute Gasteiger partial charge is 0.457 e. The van der Waals surface area contributed by atoms with Gasteiger partial charge < -0.3 is 10.5 Å². The molecule has 1 aromatic carbocycles. The summed E-state index contributed by atoms with van der Waals surface area (Å²) in [5, 5.41) is 0. The first kappa shape index (κ1) is 20.6. The molecular weight excluding hydrogens is 374 g/mol. The molecule has 3 rings (SSSR count). The quantitative estimate of drug-likeness (QED) is 0.559. The Bertz CT molecular complexity index is 1020. The smallest absolute Gasteiger partial charge is 0.332 e. The van der Waals surface area contributed by atoms with Crippen LogP contribution in [0.25, 0.3) is 0 Å². The van der Waals surface area contributed by atoms with Gasteiger partial charge in [-0.1, -0.05) is 43.2 Å². The topological polar surface area (TPSA) is 113 Å². The third-order valence-electron chi connectivity index (χ3n) is 5.28. The summed E-state index contributed by atoms with van der Waals surface area (Å²) in [5.74, 6) is -1.54.